The van der Waals surface area contributed by atoms with Crippen LogP contribution in [0.3, 0.4) is 0 Å². The minimum atomic E-state index is -4.15. The number of para-hydroxylation sites is 1. The van der Waals surface area contributed by atoms with Crippen LogP contribution in [0.5, 0.6) is 5.75 Å². The topological polar surface area (TPSA) is 62.7 Å². The number of hydrogen-bond donors (Lipinski definition) is 1. The summed E-state index contributed by atoms with van der Waals surface area (Å²) in [6.07, 6.45) is 2.32. The molecule has 1 N–H and O–H groups in total. The molecule has 5 nitrogen and oxygen atoms in total. The van der Waals surface area contributed by atoms with Crippen LogP contribution in [0, 0.1) is 0 Å². The molecule has 3 aromatic carbocycles. The van der Waals surface area contributed by atoms with E-state index in [0.29, 0.717) is 23.7 Å². The molecule has 1 aromatic heterocycles. The highest BCUT2D eigenvalue weighted by Crippen LogP contribution is 2.48. The summed E-state index contributed by atoms with van der Waals surface area (Å²) in [4.78, 5) is 15.6. The number of halogens is 1. The number of aromatic nitrogens is 1. The Morgan fingerprint density at radius 1 is 0.882 bits per heavy atom. The highest BCUT2D eigenvalue weighted by molar-refractivity contribution is 7.50. The molecule has 0 radical (unpaired) electrons. The molecule has 0 aliphatic heterocycles. The molecule has 174 valence electrons. The molecule has 2 unspecified atom stereocenters. The summed E-state index contributed by atoms with van der Waals surface area (Å²) in [5.41, 5.74) is 2.86. The number of hydrogen-bond acceptors (Lipinski definition) is 3. The van der Waals surface area contributed by atoms with Crippen LogP contribution in [0.2, 0.25) is 5.02 Å². The Morgan fingerprint density at radius 3 is 2.18 bits per heavy atom. The maximum absolute atomic E-state index is 13.4. The molecule has 0 saturated heterocycles. The van der Waals surface area contributed by atoms with Crippen LogP contribution >= 0.6 is 19.3 Å². The third-order valence-electron chi connectivity index (χ3n) is 5.53. The van der Waals surface area contributed by atoms with Gasteiger partial charge in [0.1, 0.15) is 5.75 Å². The fraction of sp³-hybridized carbons (Fsp3) is 0.148. The van der Waals surface area contributed by atoms with Gasteiger partial charge in [-0.2, -0.15) is 4.67 Å². The Balaban J connectivity index is 1.61. The Kier molecular flexibility index (Phi) is 8.15. The van der Waals surface area contributed by atoms with Gasteiger partial charge in [-0.05, 0) is 53.9 Å². The lowest BCUT2D eigenvalue weighted by atomic mass is 9.92. The smallest absolute Gasteiger partial charge is 0.413 e. The van der Waals surface area contributed by atoms with E-state index in [1.54, 1.807) is 30.5 Å². The zero-order valence-electron chi connectivity index (χ0n) is 18.6. The lowest BCUT2D eigenvalue weighted by Gasteiger charge is -2.28. The second kappa shape index (κ2) is 11.5. The van der Waals surface area contributed by atoms with E-state index >= 15 is 0 Å². The maximum atomic E-state index is 13.4. The van der Waals surface area contributed by atoms with E-state index in [2.05, 4.69) is 4.98 Å². The fourth-order valence-corrected chi connectivity index (χ4v) is 5.15. The van der Waals surface area contributed by atoms with Crippen LogP contribution in [0.25, 0.3) is 0 Å². The second-order valence-corrected chi connectivity index (χ2v) is 10.1. The lowest BCUT2D eigenvalue weighted by molar-refractivity contribution is 0.267. The summed E-state index contributed by atoms with van der Waals surface area (Å²) in [7, 11) is -4.15. The van der Waals surface area contributed by atoms with Gasteiger partial charge in [-0.1, -0.05) is 78.3 Å². The Labute approximate surface area is 205 Å². The molecule has 34 heavy (non-hydrogen) atoms. The van der Waals surface area contributed by atoms with Crippen molar-refractivity contribution in [1.82, 2.24) is 9.65 Å². The van der Waals surface area contributed by atoms with Crippen molar-refractivity contribution in [3.05, 3.63) is 131 Å². The third-order valence-corrected chi connectivity index (χ3v) is 7.28. The molecule has 1 heterocycles. The zero-order valence-corrected chi connectivity index (χ0v) is 20.2. The fourth-order valence-electron chi connectivity index (χ4n) is 3.81. The first-order chi connectivity index (χ1) is 16.5. The number of rotatable bonds is 10. The van der Waals surface area contributed by atoms with Gasteiger partial charge in [0.15, 0.2) is 0 Å². The minimum Gasteiger partial charge on any atom is -0.413 e. The average Bonchev–Trinajstić information content (AvgIpc) is 2.86. The van der Waals surface area contributed by atoms with Crippen LogP contribution in [0.1, 0.15) is 29.2 Å². The molecule has 0 bridgehead atoms. The monoisotopic (exact) mass is 492 g/mol. The van der Waals surface area contributed by atoms with Gasteiger partial charge in [-0.3, -0.25) is 4.98 Å². The molecule has 0 amide bonds. The van der Waals surface area contributed by atoms with Gasteiger partial charge in [0.05, 0.1) is 0 Å². The minimum absolute atomic E-state index is 0.0755. The summed E-state index contributed by atoms with van der Waals surface area (Å²) in [6.45, 7) is 0.594. The van der Waals surface area contributed by atoms with E-state index in [0.717, 1.165) is 16.8 Å². The number of pyridine rings is 1. The SMILES string of the molecule is O=P(O)(Oc1ccccc1)N(CCC(c1ccc(Cl)cc1)c1ccccn1)Cc1ccccc1. The molecule has 4 rings (SSSR count). The van der Waals surface area contributed by atoms with Gasteiger partial charge >= 0.3 is 7.75 Å². The molecule has 7 heteroatoms. The largest absolute Gasteiger partial charge is 0.459 e. The standard InChI is InChI=1S/C27H26ClN2O3P/c28-24-16-14-23(15-17-24)26(27-13-7-8-19-29-27)18-20-30(21-22-9-3-1-4-10-22)34(31,32)33-25-11-5-2-6-12-25/h1-17,19,26H,18,20-21H2,(H,31,32). The molecule has 4 aromatic rings. The first-order valence-electron chi connectivity index (χ1n) is 11.0. The van der Waals surface area contributed by atoms with E-state index < -0.39 is 7.75 Å². The van der Waals surface area contributed by atoms with Crippen molar-refractivity contribution in [1.29, 1.82) is 0 Å². The van der Waals surface area contributed by atoms with Gasteiger partial charge in [-0.15, -0.1) is 0 Å². The molecular weight excluding hydrogens is 467 g/mol. The van der Waals surface area contributed by atoms with E-state index in [1.807, 2.05) is 78.9 Å². The van der Waals surface area contributed by atoms with Crippen molar-refractivity contribution in [2.24, 2.45) is 0 Å². The summed E-state index contributed by atoms with van der Waals surface area (Å²) < 4.78 is 20.6. The van der Waals surface area contributed by atoms with Gasteiger partial charge in [-0.25, -0.2) is 4.57 Å². The van der Waals surface area contributed by atoms with Gasteiger partial charge in [0, 0.05) is 35.9 Å². The highest BCUT2D eigenvalue weighted by atomic mass is 35.5. The Hall–Kier alpha value is -2.95. The molecule has 0 saturated carbocycles. The lowest BCUT2D eigenvalue weighted by Crippen LogP contribution is -2.25. The van der Waals surface area contributed by atoms with Crippen LogP contribution in [0.15, 0.2) is 109 Å². The molecule has 0 spiro atoms. The second-order valence-electron chi connectivity index (χ2n) is 7.92. The van der Waals surface area contributed by atoms with E-state index in [-0.39, 0.29) is 12.5 Å². The van der Waals surface area contributed by atoms with Gasteiger partial charge < -0.3 is 9.42 Å². The van der Waals surface area contributed by atoms with Crippen molar-refractivity contribution in [2.45, 2.75) is 18.9 Å². The molecule has 0 aliphatic rings. The van der Waals surface area contributed by atoms with Gasteiger partial charge in [0.25, 0.3) is 0 Å². The predicted molar refractivity (Wildman–Crippen MR) is 136 cm³/mol. The molecule has 2 atom stereocenters. The number of nitrogens with zero attached hydrogens (tertiary/aromatic N) is 2. The van der Waals surface area contributed by atoms with Crippen LogP contribution < -0.4 is 4.52 Å². The predicted octanol–water partition coefficient (Wildman–Crippen LogP) is 6.94. The van der Waals surface area contributed by atoms with Crippen LogP contribution in [-0.4, -0.2) is 21.1 Å². The van der Waals surface area contributed by atoms with Gasteiger partial charge in [0.2, 0.25) is 0 Å². The quantitative estimate of drug-likeness (QED) is 0.243. The Morgan fingerprint density at radius 2 is 1.53 bits per heavy atom. The average molecular weight is 493 g/mol. The first kappa shape index (κ1) is 24.2. The van der Waals surface area contributed by atoms with Crippen molar-refractivity contribution < 1.29 is 14.0 Å². The summed E-state index contributed by atoms with van der Waals surface area (Å²) in [5, 5.41) is 0.658. The van der Waals surface area contributed by atoms with Crippen molar-refractivity contribution >= 4 is 19.3 Å². The first-order valence-corrected chi connectivity index (χ1v) is 13.0. The van der Waals surface area contributed by atoms with Crippen molar-refractivity contribution in [2.75, 3.05) is 6.54 Å². The normalized spacial score (nSPS) is 13.9. The van der Waals surface area contributed by atoms with E-state index in [1.165, 1.54) is 4.67 Å². The highest BCUT2D eigenvalue weighted by Gasteiger charge is 2.32. The number of benzene rings is 3. The van der Waals surface area contributed by atoms with Crippen LogP contribution in [-0.2, 0) is 11.1 Å². The van der Waals surface area contributed by atoms with Crippen molar-refractivity contribution in [3.63, 3.8) is 0 Å². The Bertz CT molecular complexity index is 1210. The summed E-state index contributed by atoms with van der Waals surface area (Å²) >= 11 is 6.11. The van der Waals surface area contributed by atoms with Crippen LogP contribution in [0.4, 0.5) is 0 Å². The van der Waals surface area contributed by atoms with Crippen molar-refractivity contribution in [3.8, 4) is 5.75 Å². The van der Waals surface area contributed by atoms with E-state index in [4.69, 9.17) is 16.1 Å². The maximum Gasteiger partial charge on any atom is 0.459 e. The molecule has 0 fully saturated rings. The molecular formula is C27H26ClN2O3P. The summed E-state index contributed by atoms with van der Waals surface area (Å²) in [5.74, 6) is 0.277. The molecule has 0 aliphatic carbocycles. The zero-order chi connectivity index (χ0) is 23.8. The third kappa shape index (κ3) is 6.55. The summed E-state index contributed by atoms with van der Waals surface area (Å²) in [6, 6.07) is 31.8. The van der Waals surface area contributed by atoms with E-state index in [9.17, 15) is 9.46 Å².